The van der Waals surface area contributed by atoms with Gasteiger partial charge in [0.15, 0.2) is 0 Å². The van der Waals surface area contributed by atoms with Gasteiger partial charge in [-0.1, -0.05) is 30.3 Å². The van der Waals surface area contributed by atoms with E-state index in [1.807, 2.05) is 45.2 Å². The summed E-state index contributed by atoms with van der Waals surface area (Å²) in [6.07, 6.45) is 2.04. The molecule has 0 aliphatic carbocycles. The lowest BCUT2D eigenvalue weighted by molar-refractivity contribution is 0.237. The van der Waals surface area contributed by atoms with Gasteiger partial charge in [-0.25, -0.2) is 4.79 Å². The Kier molecular flexibility index (Phi) is 6.31. The molecule has 0 radical (unpaired) electrons. The molecule has 5 nitrogen and oxygen atoms in total. The highest BCUT2D eigenvalue weighted by Gasteiger charge is 2.18. The molecule has 1 aromatic carbocycles. The summed E-state index contributed by atoms with van der Waals surface area (Å²) in [5.41, 5.74) is 3.07. The number of carbonyl (C=O) groups is 1. The molecule has 130 valence electrons. The van der Waals surface area contributed by atoms with Gasteiger partial charge in [-0.2, -0.15) is 0 Å². The van der Waals surface area contributed by atoms with Crippen molar-refractivity contribution in [3.05, 3.63) is 46.8 Å². The summed E-state index contributed by atoms with van der Waals surface area (Å²) in [5.74, 6) is 0.959. The summed E-state index contributed by atoms with van der Waals surface area (Å²) < 4.78 is 5.19. The summed E-state index contributed by atoms with van der Waals surface area (Å²) in [7, 11) is 0. The van der Waals surface area contributed by atoms with Crippen LogP contribution in [-0.2, 0) is 0 Å². The predicted octanol–water partition coefficient (Wildman–Crippen LogP) is 4.18. The molecule has 0 aliphatic heterocycles. The van der Waals surface area contributed by atoms with E-state index < -0.39 is 0 Å². The second-order valence-corrected chi connectivity index (χ2v) is 6.80. The molecule has 0 saturated carbocycles. The predicted molar refractivity (Wildman–Crippen MR) is 97.6 cm³/mol. The van der Waals surface area contributed by atoms with Crippen LogP contribution in [0.25, 0.3) is 0 Å². The Morgan fingerprint density at radius 3 is 2.62 bits per heavy atom. The Hall–Kier alpha value is -1.95. The summed E-state index contributed by atoms with van der Waals surface area (Å²) in [6, 6.07) is 7.89. The van der Waals surface area contributed by atoms with E-state index >= 15 is 0 Å². The number of aromatic nitrogens is 1. The van der Waals surface area contributed by atoms with Gasteiger partial charge in [-0.15, -0.1) is 11.8 Å². The van der Waals surface area contributed by atoms with Crippen LogP contribution in [0.3, 0.4) is 0 Å². The van der Waals surface area contributed by atoms with Crippen molar-refractivity contribution >= 4 is 17.8 Å². The van der Waals surface area contributed by atoms with Gasteiger partial charge in [0, 0.05) is 22.9 Å². The first-order chi connectivity index (χ1) is 11.4. The minimum absolute atomic E-state index is 0.0528. The maximum Gasteiger partial charge on any atom is 0.315 e. The SMILES string of the molecule is CSc1ccccc1[C@@H](C)NC(=O)NC[C@H](C)c1c(C)noc1C. The molecule has 0 bridgehead atoms. The summed E-state index contributed by atoms with van der Waals surface area (Å²) in [6.45, 7) is 8.40. The number of carbonyl (C=O) groups excluding carboxylic acids is 1. The van der Waals surface area contributed by atoms with E-state index in [1.54, 1.807) is 11.8 Å². The van der Waals surface area contributed by atoms with E-state index in [0.717, 1.165) is 22.6 Å². The Bertz CT molecular complexity index is 680. The topological polar surface area (TPSA) is 67.2 Å². The highest BCUT2D eigenvalue weighted by Crippen LogP contribution is 2.25. The first kappa shape index (κ1) is 18.4. The van der Waals surface area contributed by atoms with Gasteiger partial charge in [-0.05, 0) is 38.7 Å². The van der Waals surface area contributed by atoms with Crippen LogP contribution in [0.1, 0.15) is 48.4 Å². The maximum atomic E-state index is 12.2. The second kappa shape index (κ2) is 8.24. The van der Waals surface area contributed by atoms with E-state index in [4.69, 9.17) is 4.52 Å². The Morgan fingerprint density at radius 2 is 2.00 bits per heavy atom. The zero-order valence-electron chi connectivity index (χ0n) is 14.8. The van der Waals surface area contributed by atoms with Crippen LogP contribution in [0.15, 0.2) is 33.7 Å². The van der Waals surface area contributed by atoms with E-state index in [0.29, 0.717) is 6.54 Å². The Morgan fingerprint density at radius 1 is 1.29 bits per heavy atom. The van der Waals surface area contributed by atoms with Crippen molar-refractivity contribution < 1.29 is 9.32 Å². The van der Waals surface area contributed by atoms with Crippen LogP contribution >= 0.6 is 11.8 Å². The number of nitrogens with zero attached hydrogens (tertiary/aromatic N) is 1. The number of amides is 2. The van der Waals surface area contributed by atoms with Crippen molar-refractivity contribution in [3.8, 4) is 0 Å². The lowest BCUT2D eigenvalue weighted by atomic mass is 10.00. The first-order valence-electron chi connectivity index (χ1n) is 8.04. The minimum Gasteiger partial charge on any atom is -0.361 e. The average Bonchev–Trinajstić information content (AvgIpc) is 2.91. The van der Waals surface area contributed by atoms with Gasteiger partial charge in [0.1, 0.15) is 5.76 Å². The zero-order chi connectivity index (χ0) is 17.7. The minimum atomic E-state index is -0.169. The van der Waals surface area contributed by atoms with Crippen LogP contribution in [0, 0.1) is 13.8 Å². The van der Waals surface area contributed by atoms with E-state index in [1.165, 1.54) is 4.90 Å². The zero-order valence-corrected chi connectivity index (χ0v) is 15.7. The highest BCUT2D eigenvalue weighted by atomic mass is 32.2. The molecular weight excluding hydrogens is 322 g/mol. The smallest absolute Gasteiger partial charge is 0.315 e. The van der Waals surface area contributed by atoms with E-state index in [2.05, 4.69) is 28.8 Å². The van der Waals surface area contributed by atoms with Crippen molar-refractivity contribution in [1.82, 2.24) is 15.8 Å². The van der Waals surface area contributed by atoms with E-state index in [9.17, 15) is 4.79 Å². The number of rotatable bonds is 6. The number of aryl methyl sites for hydroxylation is 2. The quantitative estimate of drug-likeness (QED) is 0.769. The highest BCUT2D eigenvalue weighted by molar-refractivity contribution is 7.98. The molecule has 2 N–H and O–H groups in total. The molecule has 1 aromatic heterocycles. The standard InChI is InChI=1S/C18H25N3O2S/c1-11(17-13(3)21-23-14(17)4)10-19-18(22)20-12(2)15-8-6-7-9-16(15)24-5/h6-9,11-12H,10H2,1-5H3,(H2,19,20,22)/t11-,12+/m0/s1. The molecule has 2 rings (SSSR count). The fourth-order valence-corrected chi connectivity index (χ4v) is 3.59. The molecule has 24 heavy (non-hydrogen) atoms. The van der Waals surface area contributed by atoms with Crippen molar-refractivity contribution in [1.29, 1.82) is 0 Å². The first-order valence-corrected chi connectivity index (χ1v) is 9.26. The summed E-state index contributed by atoms with van der Waals surface area (Å²) >= 11 is 1.68. The molecule has 1 heterocycles. The number of hydrogen-bond acceptors (Lipinski definition) is 4. The Labute approximate surface area is 147 Å². The van der Waals surface area contributed by atoms with Crippen molar-refractivity contribution in [2.24, 2.45) is 0 Å². The van der Waals surface area contributed by atoms with Gasteiger partial charge in [-0.3, -0.25) is 0 Å². The van der Waals surface area contributed by atoms with Crippen molar-refractivity contribution in [3.63, 3.8) is 0 Å². The van der Waals surface area contributed by atoms with Crippen LogP contribution in [0.2, 0.25) is 0 Å². The van der Waals surface area contributed by atoms with Crippen LogP contribution < -0.4 is 10.6 Å². The van der Waals surface area contributed by atoms with Gasteiger partial charge in [0.2, 0.25) is 0 Å². The maximum absolute atomic E-state index is 12.2. The van der Waals surface area contributed by atoms with Gasteiger partial charge in [0.25, 0.3) is 0 Å². The molecule has 0 aliphatic rings. The fraction of sp³-hybridized carbons (Fsp3) is 0.444. The van der Waals surface area contributed by atoms with Gasteiger partial charge < -0.3 is 15.2 Å². The van der Waals surface area contributed by atoms with Gasteiger partial charge >= 0.3 is 6.03 Å². The molecule has 0 unspecified atom stereocenters. The molecule has 0 fully saturated rings. The number of hydrogen-bond donors (Lipinski definition) is 2. The van der Waals surface area contributed by atoms with Crippen LogP contribution in [-0.4, -0.2) is 24.0 Å². The van der Waals surface area contributed by atoms with Crippen molar-refractivity contribution in [2.75, 3.05) is 12.8 Å². The third kappa shape index (κ3) is 4.32. The van der Waals surface area contributed by atoms with Crippen molar-refractivity contribution in [2.45, 2.75) is 44.6 Å². The molecule has 6 heteroatoms. The molecular formula is C18H25N3O2S. The fourth-order valence-electron chi connectivity index (χ4n) is 2.89. The third-order valence-electron chi connectivity index (χ3n) is 4.10. The van der Waals surface area contributed by atoms with Crippen LogP contribution in [0.4, 0.5) is 4.79 Å². The molecule has 0 saturated heterocycles. The molecule has 2 aromatic rings. The lowest BCUT2D eigenvalue weighted by Crippen LogP contribution is -2.38. The largest absolute Gasteiger partial charge is 0.361 e. The normalized spacial score (nSPS) is 13.4. The number of urea groups is 1. The number of benzene rings is 1. The number of nitrogens with one attached hydrogen (secondary N) is 2. The Balaban J connectivity index is 1.91. The summed E-state index contributed by atoms with van der Waals surface area (Å²) in [4.78, 5) is 13.4. The molecule has 0 spiro atoms. The number of thioether (sulfide) groups is 1. The molecule has 2 atom stereocenters. The van der Waals surface area contributed by atoms with E-state index in [-0.39, 0.29) is 18.0 Å². The molecule has 2 amide bonds. The lowest BCUT2D eigenvalue weighted by Gasteiger charge is -2.19. The summed E-state index contributed by atoms with van der Waals surface area (Å²) in [5, 5.41) is 9.90. The monoisotopic (exact) mass is 347 g/mol. The van der Waals surface area contributed by atoms with Gasteiger partial charge in [0.05, 0.1) is 11.7 Å². The van der Waals surface area contributed by atoms with Crippen LogP contribution in [0.5, 0.6) is 0 Å². The third-order valence-corrected chi connectivity index (χ3v) is 4.91. The average molecular weight is 347 g/mol. The second-order valence-electron chi connectivity index (χ2n) is 5.96.